The average molecular weight is 412 g/mol. The molecule has 1 N–H and O–H groups in total. The van der Waals surface area contributed by atoms with E-state index in [1.807, 2.05) is 36.4 Å². The molecule has 4 nitrogen and oxygen atoms in total. The molecule has 0 aliphatic heterocycles. The Bertz CT molecular complexity index is 660. The molecule has 2 aromatic rings. The van der Waals surface area contributed by atoms with Crippen LogP contribution < -0.4 is 10.2 Å². The molecule has 6 heteroatoms. The number of hydrogen-bond donors (Lipinski definition) is 1. The Balaban J connectivity index is 1.81. The van der Waals surface area contributed by atoms with Crippen LogP contribution in [-0.2, 0) is 4.79 Å². The van der Waals surface area contributed by atoms with Gasteiger partial charge in [0.25, 0.3) is 5.91 Å². The van der Waals surface area contributed by atoms with E-state index in [1.54, 1.807) is 18.3 Å². The van der Waals surface area contributed by atoms with Crippen LogP contribution in [0.5, 0.6) is 5.75 Å². The quantitative estimate of drug-likeness (QED) is 0.601. The van der Waals surface area contributed by atoms with E-state index in [4.69, 9.17) is 4.74 Å². The molecule has 1 amide bonds. The van der Waals surface area contributed by atoms with Crippen LogP contribution >= 0.6 is 31.9 Å². The van der Waals surface area contributed by atoms with E-state index in [2.05, 4.69) is 42.4 Å². The highest BCUT2D eigenvalue weighted by Gasteiger charge is 2.02. The van der Waals surface area contributed by atoms with Crippen molar-refractivity contribution in [2.45, 2.75) is 0 Å². The topological polar surface area (TPSA) is 50.7 Å². The third kappa shape index (κ3) is 5.32. The number of hydrogen-bond acceptors (Lipinski definition) is 3. The largest absolute Gasteiger partial charge is 0.484 e. The minimum absolute atomic E-state index is 0.0935. The zero-order valence-electron chi connectivity index (χ0n) is 10.9. The molecule has 0 fully saturated rings. The van der Waals surface area contributed by atoms with Crippen molar-refractivity contribution in [1.29, 1.82) is 0 Å². The second-order valence-electron chi connectivity index (χ2n) is 4.06. The van der Waals surface area contributed by atoms with Crippen molar-refractivity contribution < 1.29 is 9.53 Å². The van der Waals surface area contributed by atoms with Crippen molar-refractivity contribution in [2.75, 3.05) is 6.61 Å². The number of amides is 1. The first-order valence-electron chi connectivity index (χ1n) is 6.10. The second kappa shape index (κ2) is 7.95. The molecule has 0 unspecified atom stereocenters. The van der Waals surface area contributed by atoms with Gasteiger partial charge in [-0.3, -0.25) is 4.79 Å². The number of carbonyl (C=O) groups is 1. The molecule has 0 aromatic heterocycles. The van der Waals surface area contributed by atoms with E-state index in [1.165, 1.54) is 0 Å². The van der Waals surface area contributed by atoms with Gasteiger partial charge < -0.3 is 4.74 Å². The van der Waals surface area contributed by atoms with Gasteiger partial charge in [0.2, 0.25) is 0 Å². The van der Waals surface area contributed by atoms with Crippen LogP contribution in [0.15, 0.2) is 62.6 Å². The first kappa shape index (κ1) is 15.7. The zero-order valence-corrected chi connectivity index (χ0v) is 14.1. The highest BCUT2D eigenvalue weighted by molar-refractivity contribution is 9.10. The third-order valence-corrected chi connectivity index (χ3v) is 3.68. The minimum Gasteiger partial charge on any atom is -0.484 e. The summed E-state index contributed by atoms with van der Waals surface area (Å²) in [4.78, 5) is 11.6. The van der Waals surface area contributed by atoms with Crippen LogP contribution in [0.1, 0.15) is 5.56 Å². The molecule has 0 aliphatic rings. The Kier molecular flexibility index (Phi) is 5.95. The van der Waals surface area contributed by atoms with Gasteiger partial charge in [-0.25, -0.2) is 5.43 Å². The van der Waals surface area contributed by atoms with Gasteiger partial charge in [0.15, 0.2) is 6.61 Å². The smallest absolute Gasteiger partial charge is 0.277 e. The van der Waals surface area contributed by atoms with Gasteiger partial charge in [-0.1, -0.05) is 56.1 Å². The summed E-state index contributed by atoms with van der Waals surface area (Å²) < 4.78 is 7.16. The van der Waals surface area contributed by atoms with E-state index in [0.717, 1.165) is 14.5 Å². The number of nitrogens with zero attached hydrogens (tertiary/aromatic N) is 1. The van der Waals surface area contributed by atoms with Gasteiger partial charge in [0.1, 0.15) is 5.75 Å². The SMILES string of the molecule is O=C(COc1cccc(Br)c1)N/N=C\c1ccccc1Br. The molecule has 21 heavy (non-hydrogen) atoms. The molecule has 0 saturated heterocycles. The van der Waals surface area contributed by atoms with Gasteiger partial charge in [-0.05, 0) is 24.3 Å². The summed E-state index contributed by atoms with van der Waals surface area (Å²) in [5.74, 6) is 0.299. The fraction of sp³-hybridized carbons (Fsp3) is 0.0667. The van der Waals surface area contributed by atoms with Crippen molar-refractivity contribution in [3.63, 3.8) is 0 Å². The molecule has 0 atom stereocenters. The van der Waals surface area contributed by atoms with Crippen molar-refractivity contribution >= 4 is 44.0 Å². The summed E-state index contributed by atoms with van der Waals surface area (Å²) in [6.07, 6.45) is 1.57. The summed E-state index contributed by atoms with van der Waals surface area (Å²) in [6.45, 7) is -0.0935. The summed E-state index contributed by atoms with van der Waals surface area (Å²) in [6, 6.07) is 14.9. The molecule has 2 aromatic carbocycles. The Hall–Kier alpha value is -1.66. The van der Waals surface area contributed by atoms with E-state index in [-0.39, 0.29) is 12.5 Å². The molecule has 0 bridgehead atoms. The van der Waals surface area contributed by atoms with E-state index < -0.39 is 0 Å². The van der Waals surface area contributed by atoms with Crippen LogP contribution in [0.3, 0.4) is 0 Å². The molecule has 2 rings (SSSR count). The van der Waals surface area contributed by atoms with Crippen LogP contribution in [-0.4, -0.2) is 18.7 Å². The molecule has 0 spiro atoms. The summed E-state index contributed by atoms with van der Waals surface area (Å²) >= 11 is 6.73. The fourth-order valence-corrected chi connectivity index (χ4v) is 2.26. The molecule has 0 heterocycles. The Morgan fingerprint density at radius 1 is 1.19 bits per heavy atom. The lowest BCUT2D eigenvalue weighted by molar-refractivity contribution is -0.123. The first-order valence-corrected chi connectivity index (χ1v) is 7.68. The predicted octanol–water partition coefficient (Wildman–Crippen LogP) is 3.74. The summed E-state index contributed by atoms with van der Waals surface area (Å²) in [7, 11) is 0. The van der Waals surface area contributed by atoms with Gasteiger partial charge in [-0.15, -0.1) is 0 Å². The zero-order chi connectivity index (χ0) is 15.1. The number of nitrogens with one attached hydrogen (secondary N) is 1. The lowest BCUT2D eigenvalue weighted by Crippen LogP contribution is -2.24. The summed E-state index contributed by atoms with van der Waals surface area (Å²) in [5, 5.41) is 3.89. The Morgan fingerprint density at radius 3 is 2.76 bits per heavy atom. The molecule has 0 aliphatic carbocycles. The monoisotopic (exact) mass is 410 g/mol. The third-order valence-electron chi connectivity index (χ3n) is 2.46. The standard InChI is InChI=1S/C15H12Br2N2O2/c16-12-5-3-6-13(8-12)21-10-15(20)19-18-9-11-4-1-2-7-14(11)17/h1-9H,10H2,(H,19,20)/b18-9-. The van der Waals surface area contributed by atoms with Crippen molar-refractivity contribution in [3.8, 4) is 5.75 Å². The van der Waals surface area contributed by atoms with E-state index in [9.17, 15) is 4.79 Å². The first-order chi connectivity index (χ1) is 10.1. The van der Waals surface area contributed by atoms with Crippen LogP contribution in [0.4, 0.5) is 0 Å². The van der Waals surface area contributed by atoms with Gasteiger partial charge >= 0.3 is 0 Å². The Labute approximate surface area is 139 Å². The van der Waals surface area contributed by atoms with Crippen LogP contribution in [0.25, 0.3) is 0 Å². The normalized spacial score (nSPS) is 10.6. The molecule has 108 valence electrons. The van der Waals surface area contributed by atoms with E-state index >= 15 is 0 Å². The highest BCUT2D eigenvalue weighted by atomic mass is 79.9. The summed E-state index contributed by atoms with van der Waals surface area (Å²) in [5.41, 5.74) is 3.30. The van der Waals surface area contributed by atoms with Crippen molar-refractivity contribution in [2.24, 2.45) is 5.10 Å². The van der Waals surface area contributed by atoms with Crippen LogP contribution in [0, 0.1) is 0 Å². The molecule has 0 saturated carbocycles. The number of carbonyl (C=O) groups excluding carboxylic acids is 1. The van der Waals surface area contributed by atoms with Crippen molar-refractivity contribution in [1.82, 2.24) is 5.43 Å². The maximum absolute atomic E-state index is 11.6. The van der Waals surface area contributed by atoms with E-state index in [0.29, 0.717) is 5.75 Å². The maximum atomic E-state index is 11.6. The molecular weight excluding hydrogens is 400 g/mol. The Morgan fingerprint density at radius 2 is 2.00 bits per heavy atom. The minimum atomic E-state index is -0.321. The maximum Gasteiger partial charge on any atom is 0.277 e. The van der Waals surface area contributed by atoms with Crippen LogP contribution in [0.2, 0.25) is 0 Å². The van der Waals surface area contributed by atoms with Crippen molar-refractivity contribution in [3.05, 3.63) is 63.0 Å². The highest BCUT2D eigenvalue weighted by Crippen LogP contribution is 2.17. The van der Waals surface area contributed by atoms with Gasteiger partial charge in [-0.2, -0.15) is 5.10 Å². The lowest BCUT2D eigenvalue weighted by atomic mass is 10.2. The van der Waals surface area contributed by atoms with Gasteiger partial charge in [0.05, 0.1) is 6.21 Å². The fourth-order valence-electron chi connectivity index (χ4n) is 1.49. The molecular formula is C15H12Br2N2O2. The van der Waals surface area contributed by atoms with Gasteiger partial charge in [0, 0.05) is 14.5 Å². The number of hydrazone groups is 1. The average Bonchev–Trinajstić information content (AvgIpc) is 2.47. The number of halogens is 2. The number of ether oxygens (including phenoxy) is 1. The second-order valence-corrected chi connectivity index (χ2v) is 5.83. The molecule has 0 radical (unpaired) electrons. The number of benzene rings is 2. The lowest BCUT2D eigenvalue weighted by Gasteiger charge is -2.05. The number of rotatable bonds is 5. The predicted molar refractivity (Wildman–Crippen MR) is 89.5 cm³/mol.